The molecule has 0 bridgehead atoms. The fourth-order valence-electron chi connectivity index (χ4n) is 2.06. The SMILES string of the molecule is CC(C)(C)OC(=O)NC(C[C@H]1Oc2ccncc2NC1=O)C(N)=O. The summed E-state index contributed by atoms with van der Waals surface area (Å²) in [6, 6.07) is 0.474. The Kier molecular flexibility index (Phi) is 4.91. The van der Waals surface area contributed by atoms with Gasteiger partial charge in [0.15, 0.2) is 6.10 Å². The molecule has 1 unspecified atom stereocenters. The highest BCUT2D eigenvalue weighted by Gasteiger charge is 2.33. The van der Waals surface area contributed by atoms with Gasteiger partial charge in [-0.05, 0) is 20.8 Å². The molecule has 2 atom stereocenters. The summed E-state index contributed by atoms with van der Waals surface area (Å²) >= 11 is 0. The van der Waals surface area contributed by atoms with Gasteiger partial charge in [0, 0.05) is 18.7 Å². The van der Waals surface area contributed by atoms with Crippen LogP contribution in [0.3, 0.4) is 0 Å². The molecular weight excluding hydrogens is 316 g/mol. The second-order valence-electron chi connectivity index (χ2n) is 6.30. The van der Waals surface area contributed by atoms with Crippen LogP contribution < -0.4 is 21.1 Å². The van der Waals surface area contributed by atoms with Crippen molar-refractivity contribution in [2.45, 2.75) is 44.9 Å². The molecule has 24 heavy (non-hydrogen) atoms. The number of amides is 3. The summed E-state index contributed by atoms with van der Waals surface area (Å²) in [4.78, 5) is 39.3. The van der Waals surface area contributed by atoms with Gasteiger partial charge in [0.1, 0.15) is 23.1 Å². The number of ether oxygens (including phenoxy) is 2. The summed E-state index contributed by atoms with van der Waals surface area (Å²) in [5.41, 5.74) is 5.01. The number of primary amides is 1. The van der Waals surface area contributed by atoms with E-state index in [1.165, 1.54) is 12.4 Å². The van der Waals surface area contributed by atoms with E-state index in [0.717, 1.165) is 0 Å². The molecule has 0 radical (unpaired) electrons. The number of pyridine rings is 1. The minimum absolute atomic E-state index is 0.123. The molecule has 0 aromatic carbocycles. The van der Waals surface area contributed by atoms with Crippen LogP contribution in [0.1, 0.15) is 27.2 Å². The Morgan fingerprint density at radius 1 is 1.50 bits per heavy atom. The van der Waals surface area contributed by atoms with Crippen molar-refractivity contribution in [1.29, 1.82) is 0 Å². The van der Waals surface area contributed by atoms with Gasteiger partial charge in [0.2, 0.25) is 5.91 Å². The van der Waals surface area contributed by atoms with Gasteiger partial charge in [0.25, 0.3) is 5.91 Å². The average Bonchev–Trinajstić information content (AvgIpc) is 2.45. The van der Waals surface area contributed by atoms with Crippen LogP contribution in [0.4, 0.5) is 10.5 Å². The fourth-order valence-corrected chi connectivity index (χ4v) is 2.06. The summed E-state index contributed by atoms with van der Waals surface area (Å²) in [5, 5.41) is 4.98. The molecule has 9 heteroatoms. The summed E-state index contributed by atoms with van der Waals surface area (Å²) in [6.45, 7) is 5.07. The lowest BCUT2D eigenvalue weighted by Crippen LogP contribution is -2.50. The van der Waals surface area contributed by atoms with Crippen LogP contribution in [-0.4, -0.2) is 40.6 Å². The number of fused-ring (bicyclic) bond motifs is 1. The molecular formula is C15H20N4O5. The van der Waals surface area contributed by atoms with Gasteiger partial charge in [-0.15, -0.1) is 0 Å². The van der Waals surface area contributed by atoms with Crippen molar-refractivity contribution in [3.63, 3.8) is 0 Å². The topological polar surface area (TPSA) is 133 Å². The van der Waals surface area contributed by atoms with Gasteiger partial charge in [-0.25, -0.2) is 4.79 Å². The second kappa shape index (κ2) is 6.73. The lowest BCUT2D eigenvalue weighted by atomic mass is 10.1. The molecule has 0 aliphatic carbocycles. The zero-order valence-corrected chi connectivity index (χ0v) is 13.7. The predicted octanol–water partition coefficient (Wildman–Crippen LogP) is 0.550. The molecule has 2 heterocycles. The minimum atomic E-state index is -1.11. The molecule has 9 nitrogen and oxygen atoms in total. The van der Waals surface area contributed by atoms with Crippen molar-refractivity contribution in [2.75, 3.05) is 5.32 Å². The van der Waals surface area contributed by atoms with E-state index in [4.69, 9.17) is 15.2 Å². The highest BCUT2D eigenvalue weighted by molar-refractivity contribution is 5.98. The summed E-state index contributed by atoms with van der Waals surface area (Å²) < 4.78 is 10.6. The third-order valence-electron chi connectivity index (χ3n) is 3.08. The number of nitrogens with one attached hydrogen (secondary N) is 2. The van der Waals surface area contributed by atoms with E-state index in [2.05, 4.69) is 15.6 Å². The highest BCUT2D eigenvalue weighted by Crippen LogP contribution is 2.29. The first-order chi connectivity index (χ1) is 11.2. The first-order valence-electron chi connectivity index (χ1n) is 7.36. The number of hydrogen-bond acceptors (Lipinski definition) is 6. The Morgan fingerprint density at radius 2 is 2.21 bits per heavy atom. The average molecular weight is 336 g/mol. The van der Waals surface area contributed by atoms with Crippen molar-refractivity contribution in [3.05, 3.63) is 18.5 Å². The zero-order valence-electron chi connectivity index (χ0n) is 13.7. The first kappa shape index (κ1) is 17.5. The normalized spacial score (nSPS) is 17.8. The van der Waals surface area contributed by atoms with Crippen LogP contribution in [-0.2, 0) is 14.3 Å². The summed E-state index contributed by atoms with van der Waals surface area (Å²) in [7, 11) is 0. The van der Waals surface area contributed by atoms with E-state index >= 15 is 0 Å². The Hall–Kier alpha value is -2.84. The van der Waals surface area contributed by atoms with Crippen LogP contribution in [0, 0.1) is 0 Å². The van der Waals surface area contributed by atoms with Crippen molar-refractivity contribution in [3.8, 4) is 5.75 Å². The Bertz CT molecular complexity index is 656. The first-order valence-corrected chi connectivity index (χ1v) is 7.36. The number of carbonyl (C=O) groups is 3. The fraction of sp³-hybridized carbons (Fsp3) is 0.467. The van der Waals surface area contributed by atoms with Crippen molar-refractivity contribution < 1.29 is 23.9 Å². The lowest BCUT2D eigenvalue weighted by molar-refractivity contribution is -0.125. The van der Waals surface area contributed by atoms with Crippen LogP contribution in [0.2, 0.25) is 0 Å². The highest BCUT2D eigenvalue weighted by atomic mass is 16.6. The Morgan fingerprint density at radius 3 is 2.83 bits per heavy atom. The van der Waals surface area contributed by atoms with Gasteiger partial charge in [-0.1, -0.05) is 0 Å². The van der Waals surface area contributed by atoms with E-state index in [0.29, 0.717) is 11.4 Å². The number of carbonyl (C=O) groups excluding carboxylic acids is 3. The monoisotopic (exact) mass is 336 g/mol. The Balaban J connectivity index is 2.04. The maximum atomic E-state index is 12.1. The molecule has 1 aromatic heterocycles. The van der Waals surface area contributed by atoms with Gasteiger partial charge in [-0.2, -0.15) is 0 Å². The minimum Gasteiger partial charge on any atom is -0.478 e. The van der Waals surface area contributed by atoms with E-state index in [-0.39, 0.29) is 6.42 Å². The van der Waals surface area contributed by atoms with Crippen LogP contribution in [0.15, 0.2) is 18.5 Å². The quantitative estimate of drug-likeness (QED) is 0.735. The van der Waals surface area contributed by atoms with E-state index in [1.807, 2.05) is 0 Å². The maximum absolute atomic E-state index is 12.1. The number of nitrogens with zero attached hydrogens (tertiary/aromatic N) is 1. The van der Waals surface area contributed by atoms with Crippen molar-refractivity contribution in [2.24, 2.45) is 5.73 Å². The number of hydrogen-bond donors (Lipinski definition) is 3. The number of rotatable bonds is 4. The second-order valence-corrected chi connectivity index (χ2v) is 6.30. The molecule has 0 saturated heterocycles. The smallest absolute Gasteiger partial charge is 0.408 e. The van der Waals surface area contributed by atoms with Crippen LogP contribution >= 0.6 is 0 Å². The Labute approximate surface area is 138 Å². The molecule has 0 fully saturated rings. The number of aromatic nitrogens is 1. The van der Waals surface area contributed by atoms with Crippen LogP contribution in [0.25, 0.3) is 0 Å². The van der Waals surface area contributed by atoms with Gasteiger partial charge < -0.3 is 25.8 Å². The van der Waals surface area contributed by atoms with Gasteiger partial charge in [0.05, 0.1) is 6.20 Å². The van der Waals surface area contributed by atoms with Crippen LogP contribution in [0.5, 0.6) is 5.75 Å². The summed E-state index contributed by atoms with van der Waals surface area (Å²) in [6.07, 6.45) is 1.06. The third kappa shape index (κ3) is 4.58. The lowest BCUT2D eigenvalue weighted by Gasteiger charge is -2.28. The predicted molar refractivity (Wildman–Crippen MR) is 84.3 cm³/mol. The standard InChI is InChI=1S/C15H20N4O5/c1-15(2,3)24-14(22)19-8(12(16)20)6-11-13(21)18-9-7-17-5-4-10(9)23-11/h4-5,7-8,11H,6H2,1-3H3,(H2,16,20)(H,18,21)(H,19,22)/t8?,11-/m1/s1. The van der Waals surface area contributed by atoms with Gasteiger partial charge in [-0.3, -0.25) is 14.6 Å². The molecule has 1 aliphatic rings. The summed E-state index contributed by atoms with van der Waals surface area (Å²) in [5.74, 6) is -0.819. The molecule has 3 amide bonds. The molecule has 4 N–H and O–H groups in total. The van der Waals surface area contributed by atoms with Crippen molar-refractivity contribution in [1.82, 2.24) is 10.3 Å². The third-order valence-corrected chi connectivity index (χ3v) is 3.08. The molecule has 0 saturated carbocycles. The molecule has 1 aliphatic heterocycles. The van der Waals surface area contributed by atoms with E-state index in [9.17, 15) is 14.4 Å². The zero-order chi connectivity index (χ0) is 17.9. The van der Waals surface area contributed by atoms with E-state index < -0.39 is 35.7 Å². The number of anilines is 1. The number of nitrogens with two attached hydrogens (primary N) is 1. The van der Waals surface area contributed by atoms with Gasteiger partial charge >= 0.3 is 6.09 Å². The van der Waals surface area contributed by atoms with E-state index in [1.54, 1.807) is 26.8 Å². The number of alkyl carbamates (subject to hydrolysis) is 1. The maximum Gasteiger partial charge on any atom is 0.408 e. The molecule has 130 valence electrons. The van der Waals surface area contributed by atoms with Crippen molar-refractivity contribution >= 4 is 23.6 Å². The molecule has 1 aromatic rings. The molecule has 2 rings (SSSR count). The molecule has 0 spiro atoms. The largest absolute Gasteiger partial charge is 0.478 e.